The van der Waals surface area contributed by atoms with Gasteiger partial charge in [-0.1, -0.05) is 12.1 Å². The number of hydrogen-bond donors (Lipinski definition) is 1. The van der Waals surface area contributed by atoms with Crippen LogP contribution in [-0.4, -0.2) is 0 Å². The molecule has 0 radical (unpaired) electrons. The molecule has 2 rings (SSSR count). The predicted octanol–water partition coefficient (Wildman–Crippen LogP) is 3.24. The van der Waals surface area contributed by atoms with Gasteiger partial charge >= 0.3 is 0 Å². The van der Waals surface area contributed by atoms with Crippen LogP contribution in [0.15, 0.2) is 35.7 Å². The lowest BCUT2D eigenvalue weighted by atomic mass is 10.0. The minimum absolute atomic E-state index is 0.222. The highest BCUT2D eigenvalue weighted by Crippen LogP contribution is 2.26. The molecule has 0 fully saturated rings. The monoisotopic (exact) mass is 221 g/mol. The van der Waals surface area contributed by atoms with E-state index in [4.69, 9.17) is 5.73 Å². The molecule has 0 aliphatic rings. The summed E-state index contributed by atoms with van der Waals surface area (Å²) in [7, 11) is 0. The summed E-state index contributed by atoms with van der Waals surface area (Å²) in [6.45, 7) is 1.95. The molecule has 0 saturated heterocycles. The second kappa shape index (κ2) is 4.13. The molecule has 3 heteroatoms. The number of rotatable bonds is 2. The molecule has 0 amide bonds. The van der Waals surface area contributed by atoms with Crippen molar-refractivity contribution in [2.45, 2.75) is 13.0 Å². The van der Waals surface area contributed by atoms with Crippen molar-refractivity contribution >= 4 is 11.3 Å². The lowest BCUT2D eigenvalue weighted by Gasteiger charge is -2.13. The Bertz CT molecular complexity index is 451. The summed E-state index contributed by atoms with van der Waals surface area (Å²) in [4.78, 5) is 1.06. The van der Waals surface area contributed by atoms with Crippen molar-refractivity contribution in [1.82, 2.24) is 0 Å². The van der Waals surface area contributed by atoms with E-state index in [1.807, 2.05) is 24.4 Å². The van der Waals surface area contributed by atoms with Gasteiger partial charge < -0.3 is 5.73 Å². The number of halogens is 1. The first-order chi connectivity index (χ1) is 7.18. The summed E-state index contributed by atoms with van der Waals surface area (Å²) in [6.07, 6.45) is 0. The molecule has 0 unspecified atom stereocenters. The highest BCUT2D eigenvalue weighted by molar-refractivity contribution is 7.10. The van der Waals surface area contributed by atoms with Gasteiger partial charge in [-0.2, -0.15) is 0 Å². The Morgan fingerprint density at radius 3 is 2.80 bits per heavy atom. The van der Waals surface area contributed by atoms with Crippen molar-refractivity contribution in [3.8, 4) is 0 Å². The van der Waals surface area contributed by atoms with E-state index in [2.05, 4.69) is 0 Å². The molecule has 0 aliphatic carbocycles. The van der Waals surface area contributed by atoms with Crippen LogP contribution in [0.25, 0.3) is 0 Å². The summed E-state index contributed by atoms with van der Waals surface area (Å²) in [5.41, 5.74) is 7.96. The third kappa shape index (κ3) is 2.08. The van der Waals surface area contributed by atoms with Gasteiger partial charge in [0, 0.05) is 4.88 Å². The van der Waals surface area contributed by atoms with E-state index in [1.54, 1.807) is 17.4 Å². The van der Waals surface area contributed by atoms with E-state index in [1.165, 1.54) is 12.1 Å². The highest BCUT2D eigenvalue weighted by atomic mass is 32.1. The van der Waals surface area contributed by atoms with E-state index in [0.29, 0.717) is 0 Å². The Kier molecular flexibility index (Phi) is 2.84. The van der Waals surface area contributed by atoms with Crippen molar-refractivity contribution in [3.05, 3.63) is 57.5 Å². The maximum Gasteiger partial charge on any atom is 0.123 e. The van der Waals surface area contributed by atoms with E-state index >= 15 is 0 Å². The van der Waals surface area contributed by atoms with Crippen molar-refractivity contribution in [2.75, 3.05) is 0 Å². The van der Waals surface area contributed by atoms with Crippen molar-refractivity contribution < 1.29 is 4.39 Å². The summed E-state index contributed by atoms with van der Waals surface area (Å²) in [5, 5.41) is 1.98. The molecule has 15 heavy (non-hydrogen) atoms. The minimum Gasteiger partial charge on any atom is -0.320 e. The Hall–Kier alpha value is -1.19. The third-order valence-electron chi connectivity index (χ3n) is 2.43. The van der Waals surface area contributed by atoms with Crippen LogP contribution in [0.4, 0.5) is 4.39 Å². The zero-order chi connectivity index (χ0) is 10.8. The molecular formula is C12H12FNS. The number of nitrogens with two attached hydrogens (primary N) is 1. The summed E-state index contributed by atoms with van der Waals surface area (Å²) in [6, 6.07) is 8.44. The van der Waals surface area contributed by atoms with Gasteiger partial charge in [-0.25, -0.2) is 4.39 Å². The van der Waals surface area contributed by atoms with E-state index < -0.39 is 0 Å². The lowest BCUT2D eigenvalue weighted by Crippen LogP contribution is -2.12. The smallest absolute Gasteiger partial charge is 0.123 e. The molecule has 1 atom stereocenters. The first kappa shape index (κ1) is 10.3. The standard InChI is InChI=1S/C12H12FNS/c1-8-4-5-9(13)7-10(8)12(14)11-3-2-6-15-11/h2-7,12H,14H2,1H3/t12-/m0/s1. The number of thiophene rings is 1. The molecule has 78 valence electrons. The average molecular weight is 221 g/mol. The zero-order valence-corrected chi connectivity index (χ0v) is 9.22. The van der Waals surface area contributed by atoms with Gasteiger partial charge in [0.2, 0.25) is 0 Å². The molecule has 1 aromatic carbocycles. The number of aryl methyl sites for hydroxylation is 1. The van der Waals surface area contributed by atoms with Crippen LogP contribution in [0.2, 0.25) is 0 Å². The molecule has 0 aliphatic heterocycles. The van der Waals surface area contributed by atoms with Crippen LogP contribution in [0.1, 0.15) is 22.0 Å². The molecule has 1 nitrogen and oxygen atoms in total. The maximum absolute atomic E-state index is 13.1. The Morgan fingerprint density at radius 2 is 2.13 bits per heavy atom. The zero-order valence-electron chi connectivity index (χ0n) is 8.41. The van der Waals surface area contributed by atoms with Crippen molar-refractivity contribution in [3.63, 3.8) is 0 Å². The third-order valence-corrected chi connectivity index (χ3v) is 3.38. The Morgan fingerprint density at radius 1 is 1.33 bits per heavy atom. The molecule has 1 heterocycles. The summed E-state index contributed by atoms with van der Waals surface area (Å²) >= 11 is 1.59. The fourth-order valence-corrected chi connectivity index (χ4v) is 2.31. The largest absolute Gasteiger partial charge is 0.320 e. The van der Waals surface area contributed by atoms with Gasteiger partial charge in [-0.05, 0) is 41.6 Å². The van der Waals surface area contributed by atoms with Crippen LogP contribution in [-0.2, 0) is 0 Å². The molecular weight excluding hydrogens is 209 g/mol. The lowest BCUT2D eigenvalue weighted by molar-refractivity contribution is 0.623. The van der Waals surface area contributed by atoms with Crippen LogP contribution in [0, 0.1) is 12.7 Å². The minimum atomic E-state index is -0.234. The second-order valence-corrected chi connectivity index (χ2v) is 4.47. The summed E-state index contributed by atoms with van der Waals surface area (Å²) in [5.74, 6) is -0.234. The van der Waals surface area contributed by atoms with Crippen molar-refractivity contribution in [2.24, 2.45) is 5.73 Å². The highest BCUT2D eigenvalue weighted by Gasteiger charge is 2.12. The number of benzene rings is 1. The predicted molar refractivity (Wildman–Crippen MR) is 61.5 cm³/mol. The van der Waals surface area contributed by atoms with Crippen LogP contribution in [0.3, 0.4) is 0 Å². The number of hydrogen-bond acceptors (Lipinski definition) is 2. The van der Waals surface area contributed by atoms with Crippen LogP contribution in [0.5, 0.6) is 0 Å². The van der Waals surface area contributed by atoms with Gasteiger partial charge in [0.1, 0.15) is 5.82 Å². The average Bonchev–Trinajstić information content (AvgIpc) is 2.74. The van der Waals surface area contributed by atoms with Crippen molar-refractivity contribution in [1.29, 1.82) is 0 Å². The fraction of sp³-hybridized carbons (Fsp3) is 0.167. The first-order valence-corrected chi connectivity index (χ1v) is 5.61. The van der Waals surface area contributed by atoms with Gasteiger partial charge in [0.25, 0.3) is 0 Å². The van der Waals surface area contributed by atoms with Gasteiger partial charge in [-0.3, -0.25) is 0 Å². The fourth-order valence-electron chi connectivity index (χ4n) is 1.57. The Balaban J connectivity index is 2.41. The second-order valence-electron chi connectivity index (χ2n) is 3.49. The Labute approximate surface area is 92.4 Å². The SMILES string of the molecule is Cc1ccc(F)cc1[C@H](N)c1cccs1. The van der Waals surface area contributed by atoms with Gasteiger partial charge in [-0.15, -0.1) is 11.3 Å². The van der Waals surface area contributed by atoms with E-state index in [-0.39, 0.29) is 11.9 Å². The molecule has 0 spiro atoms. The molecule has 0 saturated carbocycles. The quantitative estimate of drug-likeness (QED) is 0.827. The molecule has 2 N–H and O–H groups in total. The van der Waals surface area contributed by atoms with Crippen LogP contribution < -0.4 is 5.73 Å². The molecule has 1 aromatic heterocycles. The summed E-state index contributed by atoms with van der Waals surface area (Å²) < 4.78 is 13.1. The van der Waals surface area contributed by atoms with E-state index in [9.17, 15) is 4.39 Å². The van der Waals surface area contributed by atoms with Gasteiger partial charge in [0.15, 0.2) is 0 Å². The van der Waals surface area contributed by atoms with E-state index in [0.717, 1.165) is 16.0 Å². The van der Waals surface area contributed by atoms with Gasteiger partial charge in [0.05, 0.1) is 6.04 Å². The molecule has 2 aromatic rings. The molecule has 0 bridgehead atoms. The first-order valence-electron chi connectivity index (χ1n) is 4.73. The normalized spacial score (nSPS) is 12.7. The van der Waals surface area contributed by atoms with Crippen LogP contribution >= 0.6 is 11.3 Å². The maximum atomic E-state index is 13.1. The topological polar surface area (TPSA) is 26.0 Å².